The summed E-state index contributed by atoms with van der Waals surface area (Å²) in [5, 5.41) is 4.57. The van der Waals surface area contributed by atoms with Crippen molar-refractivity contribution in [1.29, 1.82) is 0 Å². The van der Waals surface area contributed by atoms with E-state index in [9.17, 15) is 13.2 Å². The summed E-state index contributed by atoms with van der Waals surface area (Å²) in [6, 6.07) is 17.5. The summed E-state index contributed by atoms with van der Waals surface area (Å²) in [6.45, 7) is 5.65. The first-order valence-electron chi connectivity index (χ1n) is 9.29. The van der Waals surface area contributed by atoms with Crippen molar-refractivity contribution in [3.8, 4) is 0 Å². The van der Waals surface area contributed by atoms with E-state index < -0.39 is 16.1 Å². The highest BCUT2D eigenvalue weighted by atomic mass is 32.2. The number of sulfonamides is 1. The number of hydrogen-bond donors (Lipinski definition) is 2. The fourth-order valence-electron chi connectivity index (χ4n) is 2.96. The van der Waals surface area contributed by atoms with Crippen LogP contribution in [0.3, 0.4) is 0 Å². The van der Waals surface area contributed by atoms with Crippen molar-refractivity contribution < 1.29 is 13.2 Å². The molecule has 1 unspecified atom stereocenters. The summed E-state index contributed by atoms with van der Waals surface area (Å²) < 4.78 is 28.9. The van der Waals surface area contributed by atoms with E-state index in [0.717, 1.165) is 10.4 Å². The Hall–Kier alpha value is -2.48. The van der Waals surface area contributed by atoms with Gasteiger partial charge in [-0.05, 0) is 52.8 Å². The molecule has 1 amide bonds. The highest BCUT2D eigenvalue weighted by Gasteiger charge is 2.24. The highest BCUT2D eigenvalue weighted by Crippen LogP contribution is 2.29. The predicted octanol–water partition coefficient (Wildman–Crippen LogP) is 4.90. The largest absolute Gasteiger partial charge is 0.326 e. The Morgan fingerprint density at radius 3 is 2.07 bits per heavy atom. The zero-order chi connectivity index (χ0) is 21.0. The lowest BCUT2D eigenvalue weighted by molar-refractivity contribution is -0.114. The van der Waals surface area contributed by atoms with Crippen molar-refractivity contribution in [3.63, 3.8) is 0 Å². The minimum Gasteiger partial charge on any atom is -0.326 e. The normalized spacial score (nSPS) is 12.7. The van der Waals surface area contributed by atoms with Gasteiger partial charge in [0.05, 0.1) is 10.9 Å². The van der Waals surface area contributed by atoms with E-state index in [-0.39, 0.29) is 10.8 Å². The van der Waals surface area contributed by atoms with Crippen molar-refractivity contribution in [2.75, 3.05) is 5.32 Å². The maximum absolute atomic E-state index is 13.0. The van der Waals surface area contributed by atoms with Gasteiger partial charge in [0, 0.05) is 17.5 Å². The maximum Gasteiger partial charge on any atom is 0.241 e. The number of carbonyl (C=O) groups excluding carboxylic acids is 1. The number of benzene rings is 2. The molecule has 2 aromatic carbocycles. The third-order valence-corrected chi connectivity index (χ3v) is 6.90. The molecule has 0 aliphatic heterocycles. The van der Waals surface area contributed by atoms with Gasteiger partial charge in [-0.15, -0.1) is 11.3 Å². The number of carbonyl (C=O) groups is 1. The summed E-state index contributed by atoms with van der Waals surface area (Å²) in [4.78, 5) is 12.2. The molecule has 0 spiro atoms. The molecular weight excluding hydrogens is 404 g/mol. The van der Waals surface area contributed by atoms with Gasteiger partial charge in [0.2, 0.25) is 15.9 Å². The second-order valence-electron chi connectivity index (χ2n) is 7.10. The van der Waals surface area contributed by atoms with Crippen molar-refractivity contribution >= 4 is 33.0 Å². The molecule has 1 aromatic heterocycles. The molecule has 0 saturated heterocycles. The Morgan fingerprint density at radius 1 is 0.931 bits per heavy atom. The zero-order valence-electron chi connectivity index (χ0n) is 16.5. The molecule has 0 saturated carbocycles. The van der Waals surface area contributed by atoms with E-state index in [0.29, 0.717) is 11.6 Å². The molecule has 1 heterocycles. The van der Waals surface area contributed by atoms with E-state index in [2.05, 4.69) is 23.9 Å². The molecule has 5 nitrogen and oxygen atoms in total. The van der Waals surface area contributed by atoms with Gasteiger partial charge >= 0.3 is 0 Å². The zero-order valence-corrected chi connectivity index (χ0v) is 18.2. The standard InChI is InChI=1S/C22H24N2O3S2/c1-15(2)17-6-8-18(9-7-17)22(21-5-4-14-28-21)24-29(26,27)20-12-10-19(11-13-20)23-16(3)25/h4-15,22,24H,1-3H3,(H,23,25). The average molecular weight is 429 g/mol. The van der Waals surface area contributed by atoms with E-state index >= 15 is 0 Å². The monoisotopic (exact) mass is 428 g/mol. The van der Waals surface area contributed by atoms with Crippen molar-refractivity contribution in [2.24, 2.45) is 0 Å². The van der Waals surface area contributed by atoms with E-state index in [1.165, 1.54) is 36.0 Å². The van der Waals surface area contributed by atoms with Crippen LogP contribution in [0.1, 0.15) is 48.7 Å². The average Bonchev–Trinajstić information content (AvgIpc) is 3.21. The molecule has 7 heteroatoms. The maximum atomic E-state index is 13.0. The number of amides is 1. The molecule has 0 radical (unpaired) electrons. The molecule has 152 valence electrons. The molecule has 0 aliphatic carbocycles. The van der Waals surface area contributed by atoms with Crippen LogP contribution >= 0.6 is 11.3 Å². The SMILES string of the molecule is CC(=O)Nc1ccc(S(=O)(=O)NC(c2ccc(C(C)C)cc2)c2cccs2)cc1. The van der Waals surface area contributed by atoms with Crippen LogP contribution in [0.5, 0.6) is 0 Å². The van der Waals surface area contributed by atoms with E-state index in [4.69, 9.17) is 0 Å². The summed E-state index contributed by atoms with van der Waals surface area (Å²) >= 11 is 1.51. The van der Waals surface area contributed by atoms with Crippen molar-refractivity contribution in [1.82, 2.24) is 4.72 Å². The molecule has 3 rings (SSSR count). The molecule has 1 atom stereocenters. The molecule has 0 aliphatic rings. The van der Waals surface area contributed by atoms with Gasteiger partial charge in [-0.3, -0.25) is 4.79 Å². The van der Waals surface area contributed by atoms with Crippen LogP contribution in [0.25, 0.3) is 0 Å². The first-order chi connectivity index (χ1) is 13.8. The molecule has 3 aromatic rings. The quantitative estimate of drug-likeness (QED) is 0.562. The Bertz CT molecular complexity index is 1060. The number of rotatable bonds is 7. The lowest BCUT2D eigenvalue weighted by Crippen LogP contribution is -2.29. The van der Waals surface area contributed by atoms with Crippen LogP contribution in [0.15, 0.2) is 70.9 Å². The highest BCUT2D eigenvalue weighted by molar-refractivity contribution is 7.89. The second-order valence-corrected chi connectivity index (χ2v) is 9.79. The number of hydrogen-bond acceptors (Lipinski definition) is 4. The molecule has 29 heavy (non-hydrogen) atoms. The fourth-order valence-corrected chi connectivity index (χ4v) is 5.04. The third kappa shape index (κ3) is 5.32. The van der Waals surface area contributed by atoms with Crippen LogP contribution < -0.4 is 10.0 Å². The van der Waals surface area contributed by atoms with Crippen LogP contribution in [0, 0.1) is 0 Å². The Labute approximate surface area is 175 Å². The Kier molecular flexibility index (Phi) is 6.52. The van der Waals surface area contributed by atoms with Crippen LogP contribution in [-0.4, -0.2) is 14.3 Å². The predicted molar refractivity (Wildman–Crippen MR) is 118 cm³/mol. The van der Waals surface area contributed by atoms with Gasteiger partial charge in [0.15, 0.2) is 0 Å². The number of anilines is 1. The van der Waals surface area contributed by atoms with Gasteiger partial charge in [-0.1, -0.05) is 44.2 Å². The van der Waals surface area contributed by atoms with E-state index in [1.807, 2.05) is 41.8 Å². The number of nitrogens with one attached hydrogen (secondary N) is 2. The smallest absolute Gasteiger partial charge is 0.241 e. The first kappa shape index (κ1) is 21.2. The van der Waals surface area contributed by atoms with Gasteiger partial charge < -0.3 is 5.32 Å². The Balaban J connectivity index is 1.90. The number of thiophene rings is 1. The third-order valence-electron chi connectivity index (χ3n) is 4.52. The van der Waals surface area contributed by atoms with Gasteiger partial charge in [0.25, 0.3) is 0 Å². The molecule has 2 N–H and O–H groups in total. The minimum absolute atomic E-state index is 0.145. The molecule has 0 fully saturated rings. The van der Waals surface area contributed by atoms with Gasteiger partial charge in [-0.2, -0.15) is 4.72 Å². The first-order valence-corrected chi connectivity index (χ1v) is 11.7. The van der Waals surface area contributed by atoms with Crippen LogP contribution in [0.2, 0.25) is 0 Å². The lowest BCUT2D eigenvalue weighted by atomic mass is 9.99. The Morgan fingerprint density at radius 2 is 1.55 bits per heavy atom. The van der Waals surface area contributed by atoms with Gasteiger partial charge in [-0.25, -0.2) is 8.42 Å². The summed E-state index contributed by atoms with van der Waals surface area (Å²) in [5.74, 6) is 0.199. The van der Waals surface area contributed by atoms with Crippen LogP contribution in [0.4, 0.5) is 5.69 Å². The van der Waals surface area contributed by atoms with Crippen LogP contribution in [-0.2, 0) is 14.8 Å². The van der Waals surface area contributed by atoms with Crippen molar-refractivity contribution in [3.05, 3.63) is 82.0 Å². The minimum atomic E-state index is -3.76. The van der Waals surface area contributed by atoms with Gasteiger partial charge in [0.1, 0.15) is 0 Å². The second kappa shape index (κ2) is 8.90. The topological polar surface area (TPSA) is 75.3 Å². The summed E-state index contributed by atoms with van der Waals surface area (Å²) in [7, 11) is -3.76. The summed E-state index contributed by atoms with van der Waals surface area (Å²) in [6.07, 6.45) is 0. The molecular formula is C22H24N2O3S2. The summed E-state index contributed by atoms with van der Waals surface area (Å²) in [5.41, 5.74) is 2.64. The molecule has 0 bridgehead atoms. The van der Waals surface area contributed by atoms with E-state index in [1.54, 1.807) is 12.1 Å². The lowest BCUT2D eigenvalue weighted by Gasteiger charge is -2.19. The fraction of sp³-hybridized carbons (Fsp3) is 0.227. The van der Waals surface area contributed by atoms with Crippen molar-refractivity contribution in [2.45, 2.75) is 37.6 Å².